The molecule has 0 radical (unpaired) electrons. The van der Waals surface area contributed by atoms with Crippen LogP contribution < -0.4 is 4.74 Å². The first kappa shape index (κ1) is 10.4. The predicted octanol–water partition coefficient (Wildman–Crippen LogP) is 2.29. The highest BCUT2D eigenvalue weighted by molar-refractivity contribution is 5.76. The predicted molar refractivity (Wildman–Crippen MR) is 60.6 cm³/mol. The second-order valence-corrected chi connectivity index (χ2v) is 3.26. The maximum Gasteiger partial charge on any atom is 0.167 e. The van der Waals surface area contributed by atoms with E-state index < -0.39 is 0 Å². The van der Waals surface area contributed by atoms with Crippen molar-refractivity contribution in [2.24, 2.45) is 0 Å². The zero-order valence-corrected chi connectivity index (χ0v) is 8.93. The van der Waals surface area contributed by atoms with Crippen LogP contribution in [0.3, 0.4) is 0 Å². The Kier molecular flexibility index (Phi) is 3.00. The number of aromatic nitrogens is 2. The molecule has 1 N–H and O–H groups in total. The molecule has 1 aromatic heterocycles. The molecule has 1 heterocycles. The Morgan fingerprint density at radius 2 is 2.25 bits per heavy atom. The Bertz CT molecular complexity index is 491. The molecular formula is C12H12N2O2. The molecule has 4 heteroatoms. The van der Waals surface area contributed by atoms with Crippen LogP contribution in [0.1, 0.15) is 17.4 Å². The van der Waals surface area contributed by atoms with Gasteiger partial charge in [-0.2, -0.15) is 5.10 Å². The first-order valence-electron chi connectivity index (χ1n) is 5.08. The number of carbonyl (C=O) groups is 1. The van der Waals surface area contributed by atoms with Crippen molar-refractivity contribution in [1.82, 2.24) is 10.2 Å². The number of H-pyrrole nitrogens is 1. The molecule has 0 aliphatic rings. The van der Waals surface area contributed by atoms with E-state index in [0.717, 1.165) is 17.6 Å². The number of ether oxygens (including phenoxy) is 1. The molecule has 0 unspecified atom stereocenters. The quantitative estimate of drug-likeness (QED) is 0.798. The molecule has 1 aromatic carbocycles. The lowest BCUT2D eigenvalue weighted by atomic mass is 10.1. The van der Waals surface area contributed by atoms with E-state index in [1.165, 1.54) is 0 Å². The minimum atomic E-state index is 0.460. The summed E-state index contributed by atoms with van der Waals surface area (Å²) in [6, 6.07) is 9.31. The largest absolute Gasteiger partial charge is 0.493 e. The number of rotatable bonds is 4. The number of benzene rings is 1. The molecule has 0 amide bonds. The standard InChI is InChI=1S/C12H12N2O2/c1-2-16-12-6-4-3-5-10(12)11-7-9(8-15)13-14-11/h3-8H,2H2,1H3,(H,13,14). The Morgan fingerprint density at radius 3 is 2.94 bits per heavy atom. The van der Waals surface area contributed by atoms with Crippen LogP contribution in [0.15, 0.2) is 30.3 Å². The summed E-state index contributed by atoms with van der Waals surface area (Å²) in [5, 5.41) is 6.71. The van der Waals surface area contributed by atoms with Crippen LogP contribution in [0.4, 0.5) is 0 Å². The van der Waals surface area contributed by atoms with Crippen molar-refractivity contribution >= 4 is 6.29 Å². The van der Waals surface area contributed by atoms with E-state index in [2.05, 4.69) is 10.2 Å². The zero-order chi connectivity index (χ0) is 11.4. The monoisotopic (exact) mass is 216 g/mol. The van der Waals surface area contributed by atoms with Gasteiger partial charge < -0.3 is 4.74 Å². The third kappa shape index (κ3) is 1.95. The SMILES string of the molecule is CCOc1ccccc1-c1cc(C=O)[nH]n1. The van der Waals surface area contributed by atoms with Crippen molar-refractivity contribution in [3.63, 3.8) is 0 Å². The van der Waals surface area contributed by atoms with Gasteiger partial charge in [-0.25, -0.2) is 0 Å². The highest BCUT2D eigenvalue weighted by Crippen LogP contribution is 2.28. The van der Waals surface area contributed by atoms with E-state index in [1.807, 2.05) is 31.2 Å². The normalized spacial score (nSPS) is 10.1. The average Bonchev–Trinajstić information content (AvgIpc) is 2.79. The van der Waals surface area contributed by atoms with Gasteiger partial charge in [0, 0.05) is 5.56 Å². The van der Waals surface area contributed by atoms with Gasteiger partial charge in [0.2, 0.25) is 0 Å². The van der Waals surface area contributed by atoms with Gasteiger partial charge in [-0.15, -0.1) is 0 Å². The van der Waals surface area contributed by atoms with Crippen LogP contribution in [0.25, 0.3) is 11.3 Å². The summed E-state index contributed by atoms with van der Waals surface area (Å²) in [7, 11) is 0. The Labute approximate surface area is 93.3 Å². The molecule has 0 aliphatic heterocycles. The molecule has 0 spiro atoms. The van der Waals surface area contributed by atoms with Gasteiger partial charge in [0.05, 0.1) is 18.0 Å². The van der Waals surface area contributed by atoms with Gasteiger partial charge in [-0.1, -0.05) is 12.1 Å². The van der Waals surface area contributed by atoms with Gasteiger partial charge in [-0.3, -0.25) is 9.89 Å². The van der Waals surface area contributed by atoms with Crippen molar-refractivity contribution in [2.45, 2.75) is 6.92 Å². The smallest absolute Gasteiger partial charge is 0.167 e. The van der Waals surface area contributed by atoms with Crippen LogP contribution in [-0.4, -0.2) is 23.1 Å². The van der Waals surface area contributed by atoms with E-state index in [0.29, 0.717) is 18.0 Å². The number of hydrogen-bond acceptors (Lipinski definition) is 3. The summed E-state index contributed by atoms with van der Waals surface area (Å²) in [4.78, 5) is 10.6. The number of aromatic amines is 1. The van der Waals surface area contributed by atoms with Gasteiger partial charge in [0.15, 0.2) is 6.29 Å². The summed E-state index contributed by atoms with van der Waals surface area (Å²) in [6.07, 6.45) is 0.736. The van der Waals surface area contributed by atoms with Crippen LogP contribution in [0.2, 0.25) is 0 Å². The van der Waals surface area contributed by atoms with Crippen molar-refractivity contribution in [2.75, 3.05) is 6.61 Å². The second-order valence-electron chi connectivity index (χ2n) is 3.26. The van der Waals surface area contributed by atoms with Crippen molar-refractivity contribution in [3.8, 4) is 17.0 Å². The summed E-state index contributed by atoms with van der Waals surface area (Å²) >= 11 is 0. The molecule has 0 saturated heterocycles. The lowest BCUT2D eigenvalue weighted by molar-refractivity contribution is 0.111. The summed E-state index contributed by atoms with van der Waals surface area (Å²) in [5.41, 5.74) is 2.06. The fourth-order valence-electron chi connectivity index (χ4n) is 1.49. The summed E-state index contributed by atoms with van der Waals surface area (Å²) < 4.78 is 5.49. The van der Waals surface area contributed by atoms with E-state index in [1.54, 1.807) is 6.07 Å². The number of hydrogen-bond donors (Lipinski definition) is 1. The van der Waals surface area contributed by atoms with E-state index >= 15 is 0 Å². The molecule has 0 fully saturated rings. The van der Waals surface area contributed by atoms with Crippen molar-refractivity contribution < 1.29 is 9.53 Å². The van der Waals surface area contributed by atoms with Gasteiger partial charge in [-0.05, 0) is 25.1 Å². The number of nitrogens with one attached hydrogen (secondary N) is 1. The average molecular weight is 216 g/mol. The fraction of sp³-hybridized carbons (Fsp3) is 0.167. The summed E-state index contributed by atoms with van der Waals surface area (Å²) in [6.45, 7) is 2.53. The molecule has 82 valence electrons. The number of para-hydroxylation sites is 1. The van der Waals surface area contributed by atoms with Crippen LogP contribution >= 0.6 is 0 Å². The third-order valence-electron chi connectivity index (χ3n) is 2.19. The minimum Gasteiger partial charge on any atom is -0.493 e. The highest BCUT2D eigenvalue weighted by Gasteiger charge is 2.08. The number of aldehydes is 1. The minimum absolute atomic E-state index is 0.460. The van der Waals surface area contributed by atoms with Gasteiger partial charge in [0.1, 0.15) is 5.75 Å². The lowest BCUT2D eigenvalue weighted by Crippen LogP contribution is -1.93. The molecule has 0 bridgehead atoms. The maximum absolute atomic E-state index is 10.6. The Hall–Kier alpha value is -2.10. The Balaban J connectivity index is 2.42. The fourth-order valence-corrected chi connectivity index (χ4v) is 1.49. The number of nitrogens with zero attached hydrogens (tertiary/aromatic N) is 1. The summed E-state index contributed by atoms with van der Waals surface area (Å²) in [5.74, 6) is 0.772. The second kappa shape index (κ2) is 4.61. The molecule has 0 aliphatic carbocycles. The molecule has 2 aromatic rings. The molecule has 0 atom stereocenters. The maximum atomic E-state index is 10.6. The topological polar surface area (TPSA) is 55.0 Å². The van der Waals surface area contributed by atoms with E-state index in [-0.39, 0.29) is 0 Å². The van der Waals surface area contributed by atoms with Crippen LogP contribution in [-0.2, 0) is 0 Å². The highest BCUT2D eigenvalue weighted by atomic mass is 16.5. The van der Waals surface area contributed by atoms with Crippen LogP contribution in [0, 0.1) is 0 Å². The molecular weight excluding hydrogens is 204 g/mol. The van der Waals surface area contributed by atoms with Crippen molar-refractivity contribution in [3.05, 3.63) is 36.0 Å². The molecule has 2 rings (SSSR count). The molecule has 4 nitrogen and oxygen atoms in total. The molecule has 16 heavy (non-hydrogen) atoms. The number of carbonyl (C=O) groups excluding carboxylic acids is 1. The first-order valence-corrected chi connectivity index (χ1v) is 5.08. The van der Waals surface area contributed by atoms with Gasteiger partial charge >= 0.3 is 0 Å². The zero-order valence-electron chi connectivity index (χ0n) is 8.93. The van der Waals surface area contributed by atoms with Gasteiger partial charge in [0.25, 0.3) is 0 Å². The first-order chi connectivity index (χ1) is 7.85. The third-order valence-corrected chi connectivity index (χ3v) is 2.19. The molecule has 0 saturated carbocycles. The van der Waals surface area contributed by atoms with E-state index in [9.17, 15) is 4.79 Å². The van der Waals surface area contributed by atoms with E-state index in [4.69, 9.17) is 4.74 Å². The van der Waals surface area contributed by atoms with Crippen molar-refractivity contribution in [1.29, 1.82) is 0 Å². The lowest BCUT2D eigenvalue weighted by Gasteiger charge is -2.07. The Morgan fingerprint density at radius 1 is 1.44 bits per heavy atom. The van der Waals surface area contributed by atoms with Crippen LogP contribution in [0.5, 0.6) is 5.75 Å².